The molecule has 0 aliphatic heterocycles. The van der Waals surface area contributed by atoms with Crippen LogP contribution in [-0.2, 0) is 24.1 Å². The fraction of sp³-hybridized carbons (Fsp3) is 0.278. The number of benzene rings is 2. The van der Waals surface area contributed by atoms with Crippen LogP contribution in [0.2, 0.25) is 0 Å². The molecule has 0 bridgehead atoms. The summed E-state index contributed by atoms with van der Waals surface area (Å²) in [6, 6.07) is 12.0. The van der Waals surface area contributed by atoms with E-state index in [1.807, 2.05) is 38.1 Å². The lowest BCUT2D eigenvalue weighted by atomic mass is 10.0. The van der Waals surface area contributed by atoms with Gasteiger partial charge in [0.2, 0.25) is 10.0 Å². The standard InChI is InChI=1S/C18H21N3O3S/c1-12-7-5-6-8-15(12)13(2)19-25(23,24)14-9-10-16-17(11-14)21(4)18(22)20(16)3/h5-11,13,19H,1-4H3/t13-/m1/s1. The average molecular weight is 359 g/mol. The summed E-state index contributed by atoms with van der Waals surface area (Å²) in [5, 5.41) is 0. The van der Waals surface area contributed by atoms with Crippen molar-refractivity contribution in [1.29, 1.82) is 0 Å². The van der Waals surface area contributed by atoms with Gasteiger partial charge in [-0.3, -0.25) is 9.13 Å². The van der Waals surface area contributed by atoms with Gasteiger partial charge in [0.1, 0.15) is 0 Å². The molecule has 3 aromatic rings. The predicted octanol–water partition coefficient (Wildman–Crippen LogP) is 2.22. The Morgan fingerprint density at radius 3 is 2.32 bits per heavy atom. The van der Waals surface area contributed by atoms with Gasteiger partial charge in [-0.05, 0) is 43.2 Å². The number of hydrogen-bond acceptors (Lipinski definition) is 3. The Bertz CT molecular complexity index is 1110. The van der Waals surface area contributed by atoms with Crippen LogP contribution < -0.4 is 10.4 Å². The quantitative estimate of drug-likeness (QED) is 0.776. The second kappa shape index (κ2) is 6.16. The molecule has 1 N–H and O–H groups in total. The minimum Gasteiger partial charge on any atom is -0.295 e. The van der Waals surface area contributed by atoms with E-state index < -0.39 is 10.0 Å². The summed E-state index contributed by atoms with van der Waals surface area (Å²) in [5.74, 6) is 0. The minimum absolute atomic E-state index is 0.140. The van der Waals surface area contributed by atoms with Crippen LogP contribution in [0.15, 0.2) is 52.2 Å². The van der Waals surface area contributed by atoms with Crippen LogP contribution >= 0.6 is 0 Å². The van der Waals surface area contributed by atoms with Crippen LogP contribution in [0.25, 0.3) is 11.0 Å². The fourth-order valence-electron chi connectivity index (χ4n) is 3.09. The number of hydrogen-bond donors (Lipinski definition) is 1. The Hall–Kier alpha value is -2.38. The van der Waals surface area contributed by atoms with E-state index in [2.05, 4.69) is 4.72 Å². The number of nitrogens with zero attached hydrogens (tertiary/aromatic N) is 2. The maximum Gasteiger partial charge on any atom is 0.328 e. The van der Waals surface area contributed by atoms with Gasteiger partial charge in [0.25, 0.3) is 0 Å². The molecule has 3 rings (SSSR count). The molecule has 2 aromatic carbocycles. The Kier molecular flexibility index (Phi) is 4.30. The Morgan fingerprint density at radius 1 is 1.00 bits per heavy atom. The van der Waals surface area contributed by atoms with Gasteiger partial charge >= 0.3 is 5.69 Å². The van der Waals surface area contributed by atoms with Crippen molar-refractivity contribution in [2.45, 2.75) is 24.8 Å². The molecule has 1 atom stereocenters. The van der Waals surface area contributed by atoms with Crippen LogP contribution in [0.4, 0.5) is 0 Å². The normalized spacial score (nSPS) is 13.3. The molecule has 0 fully saturated rings. The van der Waals surface area contributed by atoms with E-state index in [0.29, 0.717) is 11.0 Å². The third kappa shape index (κ3) is 3.01. The molecule has 132 valence electrons. The zero-order valence-electron chi connectivity index (χ0n) is 14.6. The van der Waals surface area contributed by atoms with Crippen molar-refractivity contribution >= 4 is 21.1 Å². The first-order valence-corrected chi connectivity index (χ1v) is 9.44. The minimum atomic E-state index is -3.71. The van der Waals surface area contributed by atoms with E-state index >= 15 is 0 Å². The first kappa shape index (κ1) is 17.4. The number of fused-ring (bicyclic) bond motifs is 1. The van der Waals surface area contributed by atoms with E-state index in [-0.39, 0.29) is 16.6 Å². The van der Waals surface area contributed by atoms with E-state index in [0.717, 1.165) is 11.1 Å². The SMILES string of the molecule is Cc1ccccc1[C@@H](C)NS(=O)(=O)c1ccc2c(c1)n(C)c(=O)n2C. The van der Waals surface area contributed by atoms with E-state index in [1.54, 1.807) is 20.2 Å². The number of sulfonamides is 1. The zero-order chi connectivity index (χ0) is 18.4. The van der Waals surface area contributed by atoms with Gasteiger partial charge in [0, 0.05) is 20.1 Å². The summed E-state index contributed by atoms with van der Waals surface area (Å²) in [6.45, 7) is 3.77. The first-order chi connectivity index (χ1) is 11.7. The van der Waals surface area contributed by atoms with Gasteiger partial charge in [0.15, 0.2) is 0 Å². The molecule has 0 saturated carbocycles. The lowest BCUT2D eigenvalue weighted by Crippen LogP contribution is -2.27. The monoisotopic (exact) mass is 359 g/mol. The third-order valence-corrected chi connectivity index (χ3v) is 6.08. The maximum atomic E-state index is 12.8. The van der Waals surface area contributed by atoms with Crippen molar-refractivity contribution in [3.05, 3.63) is 64.1 Å². The summed E-state index contributed by atoms with van der Waals surface area (Å²) >= 11 is 0. The average Bonchev–Trinajstić information content (AvgIpc) is 2.79. The van der Waals surface area contributed by atoms with Gasteiger partial charge in [-0.25, -0.2) is 17.9 Å². The fourth-order valence-corrected chi connectivity index (χ4v) is 4.33. The molecule has 0 amide bonds. The zero-order valence-corrected chi connectivity index (χ0v) is 15.5. The smallest absolute Gasteiger partial charge is 0.295 e. The molecule has 0 saturated heterocycles. The predicted molar refractivity (Wildman–Crippen MR) is 98.1 cm³/mol. The first-order valence-electron chi connectivity index (χ1n) is 7.95. The molecule has 0 unspecified atom stereocenters. The lowest BCUT2D eigenvalue weighted by molar-refractivity contribution is 0.566. The molecule has 0 aliphatic rings. The second-order valence-corrected chi connectivity index (χ2v) is 7.96. The van der Waals surface area contributed by atoms with Gasteiger partial charge in [-0.15, -0.1) is 0 Å². The van der Waals surface area contributed by atoms with Crippen molar-refractivity contribution < 1.29 is 8.42 Å². The van der Waals surface area contributed by atoms with Crippen molar-refractivity contribution in [2.75, 3.05) is 0 Å². The number of imidazole rings is 1. The highest BCUT2D eigenvalue weighted by Crippen LogP contribution is 2.22. The Balaban J connectivity index is 2.00. The van der Waals surface area contributed by atoms with Crippen LogP contribution in [0.5, 0.6) is 0 Å². The van der Waals surface area contributed by atoms with Gasteiger partial charge in [-0.2, -0.15) is 0 Å². The molecular formula is C18H21N3O3S. The van der Waals surface area contributed by atoms with Crippen molar-refractivity contribution in [3.63, 3.8) is 0 Å². The van der Waals surface area contributed by atoms with Crippen molar-refractivity contribution in [2.24, 2.45) is 14.1 Å². The van der Waals surface area contributed by atoms with Gasteiger partial charge in [0.05, 0.1) is 15.9 Å². The number of aryl methyl sites for hydroxylation is 3. The summed E-state index contributed by atoms with van der Waals surface area (Å²) in [6.07, 6.45) is 0. The molecular weight excluding hydrogens is 338 g/mol. The van der Waals surface area contributed by atoms with Gasteiger partial charge < -0.3 is 0 Å². The van der Waals surface area contributed by atoms with Crippen LogP contribution in [0, 0.1) is 6.92 Å². The van der Waals surface area contributed by atoms with Gasteiger partial charge in [-0.1, -0.05) is 24.3 Å². The lowest BCUT2D eigenvalue weighted by Gasteiger charge is -2.17. The molecule has 0 radical (unpaired) electrons. The van der Waals surface area contributed by atoms with E-state index in [1.165, 1.54) is 21.3 Å². The van der Waals surface area contributed by atoms with E-state index in [9.17, 15) is 13.2 Å². The molecule has 1 heterocycles. The summed E-state index contributed by atoms with van der Waals surface area (Å²) in [5.41, 5.74) is 3.04. The number of rotatable bonds is 4. The second-order valence-electron chi connectivity index (χ2n) is 6.25. The molecule has 0 spiro atoms. The summed E-state index contributed by atoms with van der Waals surface area (Å²) in [4.78, 5) is 12.2. The highest BCUT2D eigenvalue weighted by Gasteiger charge is 2.21. The van der Waals surface area contributed by atoms with Crippen molar-refractivity contribution in [3.8, 4) is 0 Å². The van der Waals surface area contributed by atoms with E-state index in [4.69, 9.17) is 0 Å². The number of aromatic nitrogens is 2. The molecule has 0 aliphatic carbocycles. The largest absolute Gasteiger partial charge is 0.328 e. The highest BCUT2D eigenvalue weighted by atomic mass is 32.2. The van der Waals surface area contributed by atoms with Crippen LogP contribution in [0.1, 0.15) is 24.1 Å². The molecule has 1 aromatic heterocycles. The maximum absolute atomic E-state index is 12.8. The topological polar surface area (TPSA) is 73.1 Å². The Labute approximate surface area is 146 Å². The third-order valence-electron chi connectivity index (χ3n) is 4.54. The van der Waals surface area contributed by atoms with Crippen LogP contribution in [-0.4, -0.2) is 17.6 Å². The Morgan fingerprint density at radius 2 is 1.64 bits per heavy atom. The summed E-state index contributed by atoms with van der Waals surface area (Å²) in [7, 11) is -0.417. The molecule has 7 heteroatoms. The highest BCUT2D eigenvalue weighted by molar-refractivity contribution is 7.89. The number of nitrogens with one attached hydrogen (secondary N) is 1. The molecule has 6 nitrogen and oxygen atoms in total. The molecule has 25 heavy (non-hydrogen) atoms. The van der Waals surface area contributed by atoms with Crippen LogP contribution in [0.3, 0.4) is 0 Å². The summed E-state index contributed by atoms with van der Waals surface area (Å²) < 4.78 is 31.2. The van der Waals surface area contributed by atoms with Crippen molar-refractivity contribution in [1.82, 2.24) is 13.9 Å².